The van der Waals surface area contributed by atoms with Crippen LogP contribution in [0.5, 0.6) is 0 Å². The summed E-state index contributed by atoms with van der Waals surface area (Å²) in [6.45, 7) is 1.27. The van der Waals surface area contributed by atoms with Crippen molar-refractivity contribution < 1.29 is 4.79 Å². The zero-order valence-corrected chi connectivity index (χ0v) is 11.5. The highest BCUT2D eigenvalue weighted by molar-refractivity contribution is 9.10. The molecule has 0 aliphatic carbocycles. The lowest BCUT2D eigenvalue weighted by Crippen LogP contribution is -2.25. The number of nitrogens with two attached hydrogens (primary N) is 1. The van der Waals surface area contributed by atoms with E-state index in [1.807, 2.05) is 18.2 Å². The predicted molar refractivity (Wildman–Crippen MR) is 74.4 cm³/mol. The van der Waals surface area contributed by atoms with E-state index in [-0.39, 0.29) is 5.91 Å². The first-order valence-corrected chi connectivity index (χ1v) is 6.63. The Bertz CT molecular complexity index is 552. The SMILES string of the molecule is NCCCCNC(=O)c1n[nH]c2ccc(Br)cc12. The fourth-order valence-electron chi connectivity index (χ4n) is 1.71. The number of carbonyl (C=O) groups is 1. The number of hydrogen-bond donors (Lipinski definition) is 3. The van der Waals surface area contributed by atoms with Crippen LogP contribution in [0.3, 0.4) is 0 Å². The summed E-state index contributed by atoms with van der Waals surface area (Å²) in [7, 11) is 0. The van der Waals surface area contributed by atoms with Gasteiger partial charge < -0.3 is 11.1 Å². The first-order valence-electron chi connectivity index (χ1n) is 5.84. The number of aromatic amines is 1. The second kappa shape index (κ2) is 5.97. The van der Waals surface area contributed by atoms with Crippen molar-refractivity contribution in [3.05, 3.63) is 28.4 Å². The van der Waals surface area contributed by atoms with Gasteiger partial charge in [0.05, 0.1) is 5.52 Å². The molecule has 0 unspecified atom stereocenters. The standard InChI is InChI=1S/C12H15BrN4O/c13-8-3-4-10-9(7-8)11(17-16-10)12(18)15-6-2-1-5-14/h3-4,7H,1-2,5-6,14H2,(H,15,18)(H,16,17). The van der Waals surface area contributed by atoms with Gasteiger partial charge in [0, 0.05) is 16.4 Å². The fourth-order valence-corrected chi connectivity index (χ4v) is 2.08. The summed E-state index contributed by atoms with van der Waals surface area (Å²) in [5.41, 5.74) is 6.68. The Kier molecular flexibility index (Phi) is 4.33. The molecule has 0 aliphatic rings. The number of aromatic nitrogens is 2. The molecule has 1 aromatic heterocycles. The number of fused-ring (bicyclic) bond motifs is 1. The molecular formula is C12H15BrN4O. The van der Waals surface area contributed by atoms with E-state index in [9.17, 15) is 4.79 Å². The van der Waals surface area contributed by atoms with Crippen LogP contribution >= 0.6 is 15.9 Å². The van der Waals surface area contributed by atoms with Crippen LogP contribution in [-0.2, 0) is 0 Å². The molecule has 1 amide bonds. The molecule has 0 aliphatic heterocycles. The van der Waals surface area contributed by atoms with E-state index in [0.717, 1.165) is 28.2 Å². The summed E-state index contributed by atoms with van der Waals surface area (Å²) in [6.07, 6.45) is 1.79. The van der Waals surface area contributed by atoms with E-state index in [4.69, 9.17) is 5.73 Å². The van der Waals surface area contributed by atoms with E-state index in [0.29, 0.717) is 18.8 Å². The highest BCUT2D eigenvalue weighted by Crippen LogP contribution is 2.20. The number of halogens is 1. The minimum Gasteiger partial charge on any atom is -0.351 e. The van der Waals surface area contributed by atoms with Crippen LogP contribution in [0.1, 0.15) is 23.3 Å². The lowest BCUT2D eigenvalue weighted by atomic mass is 10.2. The van der Waals surface area contributed by atoms with E-state index in [1.165, 1.54) is 0 Å². The molecule has 0 saturated heterocycles. The Morgan fingerprint density at radius 3 is 3.06 bits per heavy atom. The summed E-state index contributed by atoms with van der Waals surface area (Å²) in [4.78, 5) is 12.0. The quantitative estimate of drug-likeness (QED) is 0.736. The van der Waals surface area contributed by atoms with Gasteiger partial charge in [0.15, 0.2) is 5.69 Å². The van der Waals surface area contributed by atoms with Crippen LogP contribution in [-0.4, -0.2) is 29.2 Å². The number of benzene rings is 1. The molecule has 2 rings (SSSR count). The summed E-state index contributed by atoms with van der Waals surface area (Å²) >= 11 is 3.39. The lowest BCUT2D eigenvalue weighted by Gasteiger charge is -2.02. The normalized spacial score (nSPS) is 10.8. The van der Waals surface area contributed by atoms with Crippen molar-refractivity contribution in [3.63, 3.8) is 0 Å². The third kappa shape index (κ3) is 2.88. The van der Waals surface area contributed by atoms with Crippen LogP contribution in [0.2, 0.25) is 0 Å². The predicted octanol–water partition coefficient (Wildman–Crippen LogP) is 1.79. The molecule has 0 spiro atoms. The molecule has 4 N–H and O–H groups in total. The zero-order chi connectivity index (χ0) is 13.0. The molecule has 1 aromatic carbocycles. The summed E-state index contributed by atoms with van der Waals surface area (Å²) in [5, 5.41) is 10.6. The monoisotopic (exact) mass is 310 g/mol. The first-order chi connectivity index (χ1) is 8.72. The van der Waals surface area contributed by atoms with Gasteiger partial charge >= 0.3 is 0 Å². The third-order valence-electron chi connectivity index (χ3n) is 2.66. The summed E-state index contributed by atoms with van der Waals surface area (Å²) in [6, 6.07) is 5.68. The van der Waals surface area contributed by atoms with Crippen molar-refractivity contribution in [2.24, 2.45) is 5.73 Å². The molecule has 1 heterocycles. The molecule has 18 heavy (non-hydrogen) atoms. The molecule has 0 bridgehead atoms. The van der Waals surface area contributed by atoms with Crippen LogP contribution < -0.4 is 11.1 Å². The van der Waals surface area contributed by atoms with Gasteiger partial charge in [0.1, 0.15) is 0 Å². The second-order valence-electron chi connectivity index (χ2n) is 4.01. The minimum absolute atomic E-state index is 0.156. The highest BCUT2D eigenvalue weighted by atomic mass is 79.9. The molecule has 5 nitrogen and oxygen atoms in total. The maximum Gasteiger partial charge on any atom is 0.272 e. The van der Waals surface area contributed by atoms with Crippen molar-refractivity contribution in [1.29, 1.82) is 0 Å². The summed E-state index contributed by atoms with van der Waals surface area (Å²) < 4.78 is 0.925. The third-order valence-corrected chi connectivity index (χ3v) is 3.15. The zero-order valence-electron chi connectivity index (χ0n) is 9.87. The molecule has 96 valence electrons. The largest absolute Gasteiger partial charge is 0.351 e. The van der Waals surface area contributed by atoms with E-state index >= 15 is 0 Å². The van der Waals surface area contributed by atoms with Gasteiger partial charge in [-0.3, -0.25) is 9.89 Å². The Hall–Kier alpha value is -1.40. The van der Waals surface area contributed by atoms with Crippen molar-refractivity contribution >= 4 is 32.7 Å². The van der Waals surface area contributed by atoms with Crippen LogP contribution in [0.25, 0.3) is 10.9 Å². The first kappa shape index (κ1) is 13.0. The Balaban J connectivity index is 2.10. The van der Waals surface area contributed by atoms with Gasteiger partial charge in [-0.1, -0.05) is 15.9 Å². The van der Waals surface area contributed by atoms with Crippen molar-refractivity contribution in [1.82, 2.24) is 15.5 Å². The van der Waals surface area contributed by atoms with Crippen LogP contribution in [0.15, 0.2) is 22.7 Å². The fraction of sp³-hybridized carbons (Fsp3) is 0.333. The van der Waals surface area contributed by atoms with Gasteiger partial charge in [-0.05, 0) is 37.6 Å². The molecule has 0 saturated carbocycles. The van der Waals surface area contributed by atoms with Crippen molar-refractivity contribution in [3.8, 4) is 0 Å². The van der Waals surface area contributed by atoms with Crippen molar-refractivity contribution in [2.75, 3.05) is 13.1 Å². The lowest BCUT2D eigenvalue weighted by molar-refractivity contribution is 0.0949. The average Bonchev–Trinajstić information content (AvgIpc) is 2.77. The number of unbranched alkanes of at least 4 members (excludes halogenated alkanes) is 1. The number of amides is 1. The van der Waals surface area contributed by atoms with E-state index in [1.54, 1.807) is 0 Å². The Morgan fingerprint density at radius 2 is 2.28 bits per heavy atom. The van der Waals surface area contributed by atoms with Crippen LogP contribution in [0, 0.1) is 0 Å². The number of carbonyl (C=O) groups excluding carboxylic acids is 1. The van der Waals surface area contributed by atoms with Gasteiger partial charge in [-0.2, -0.15) is 5.10 Å². The average molecular weight is 311 g/mol. The van der Waals surface area contributed by atoms with Gasteiger partial charge in [-0.15, -0.1) is 0 Å². The maximum absolute atomic E-state index is 12.0. The van der Waals surface area contributed by atoms with E-state index < -0.39 is 0 Å². The van der Waals surface area contributed by atoms with Gasteiger partial charge in [-0.25, -0.2) is 0 Å². The molecule has 0 atom stereocenters. The van der Waals surface area contributed by atoms with Crippen LogP contribution in [0.4, 0.5) is 0 Å². The summed E-state index contributed by atoms with van der Waals surface area (Å²) in [5.74, 6) is -0.156. The maximum atomic E-state index is 12.0. The molecule has 2 aromatic rings. The topological polar surface area (TPSA) is 83.8 Å². The number of nitrogens with zero attached hydrogens (tertiary/aromatic N) is 1. The molecule has 0 radical (unpaired) electrons. The molecule has 0 fully saturated rings. The van der Waals surface area contributed by atoms with Gasteiger partial charge in [0.2, 0.25) is 0 Å². The number of nitrogens with one attached hydrogen (secondary N) is 2. The smallest absolute Gasteiger partial charge is 0.272 e. The van der Waals surface area contributed by atoms with Gasteiger partial charge in [0.25, 0.3) is 5.91 Å². The van der Waals surface area contributed by atoms with E-state index in [2.05, 4.69) is 31.4 Å². The van der Waals surface area contributed by atoms with Crippen molar-refractivity contribution in [2.45, 2.75) is 12.8 Å². The minimum atomic E-state index is -0.156. The Morgan fingerprint density at radius 1 is 1.44 bits per heavy atom. The second-order valence-corrected chi connectivity index (χ2v) is 4.93. The number of hydrogen-bond acceptors (Lipinski definition) is 3. The number of rotatable bonds is 5. The Labute approximate surface area is 113 Å². The number of H-pyrrole nitrogens is 1. The molecular weight excluding hydrogens is 296 g/mol. The highest BCUT2D eigenvalue weighted by Gasteiger charge is 2.13. The molecule has 6 heteroatoms.